The number of furan rings is 1. The maximum Gasteiger partial charge on any atom is 0.408 e. The molecular weight excluding hydrogens is 436 g/mol. The summed E-state index contributed by atoms with van der Waals surface area (Å²) in [6.07, 6.45) is 5.19. The summed E-state index contributed by atoms with van der Waals surface area (Å²) in [7, 11) is 0. The Labute approximate surface area is 177 Å². The quantitative estimate of drug-likeness (QED) is 0.588. The summed E-state index contributed by atoms with van der Waals surface area (Å²) in [5.74, 6) is -0.362. The first kappa shape index (κ1) is 20.7. The van der Waals surface area contributed by atoms with Crippen molar-refractivity contribution in [3.05, 3.63) is 88.3 Å². The number of hydrogen-bond acceptors (Lipinski definition) is 4. The van der Waals surface area contributed by atoms with Crippen LogP contribution in [0, 0.1) is 0 Å². The van der Waals surface area contributed by atoms with Crippen LogP contribution in [0.4, 0.5) is 4.79 Å². The van der Waals surface area contributed by atoms with Crippen molar-refractivity contribution in [1.29, 1.82) is 0 Å². The Morgan fingerprint density at radius 2 is 2.03 bits per heavy atom. The van der Waals surface area contributed by atoms with Gasteiger partial charge in [0, 0.05) is 5.92 Å². The number of halogens is 1. The molecule has 7 heteroatoms. The molecule has 1 aromatic carbocycles. The van der Waals surface area contributed by atoms with Gasteiger partial charge in [-0.2, -0.15) is 0 Å². The summed E-state index contributed by atoms with van der Waals surface area (Å²) >= 11 is 3.13. The van der Waals surface area contributed by atoms with Crippen molar-refractivity contribution in [2.45, 2.75) is 12.8 Å². The number of amides is 2. The van der Waals surface area contributed by atoms with Gasteiger partial charge in [0.25, 0.3) is 5.91 Å². The minimum Gasteiger partial charge on any atom is -0.449 e. The lowest BCUT2D eigenvalue weighted by Crippen LogP contribution is -2.37. The highest BCUT2D eigenvalue weighted by Crippen LogP contribution is 2.43. The maximum absolute atomic E-state index is 12.1. The van der Waals surface area contributed by atoms with Gasteiger partial charge in [-0.15, -0.1) is 0 Å². The standard InChI is InChI=1S/C22H21BrN2O4/c1-3-7-15-14(4-2)16-8-5-6-9-17(16)18(15)12-28-22(27)25-13-24-21(26)19-10-11-20(23)29-19/h3-11,18H,2,12-13H2,1H3,(H,24,26)(H,25,27)/b7-3-. The summed E-state index contributed by atoms with van der Waals surface area (Å²) in [5, 5.41) is 5.04. The second-order valence-electron chi connectivity index (χ2n) is 6.27. The third kappa shape index (κ3) is 4.68. The Kier molecular flexibility index (Phi) is 6.72. The molecule has 0 aliphatic heterocycles. The SMILES string of the molecule is C=CC1=C(/C=C\C)C(COC(=O)NCNC(=O)c2ccc(Br)o2)c2ccccc21. The van der Waals surface area contributed by atoms with E-state index in [-0.39, 0.29) is 25.0 Å². The van der Waals surface area contributed by atoms with Crippen molar-refractivity contribution >= 4 is 33.5 Å². The van der Waals surface area contributed by atoms with Crippen LogP contribution in [0.3, 0.4) is 0 Å². The van der Waals surface area contributed by atoms with Gasteiger partial charge in [0.2, 0.25) is 0 Å². The number of ether oxygens (including phenoxy) is 1. The molecule has 150 valence electrons. The van der Waals surface area contributed by atoms with E-state index in [1.54, 1.807) is 6.07 Å². The van der Waals surface area contributed by atoms with Gasteiger partial charge in [-0.25, -0.2) is 4.79 Å². The second-order valence-corrected chi connectivity index (χ2v) is 7.06. The van der Waals surface area contributed by atoms with E-state index in [0.29, 0.717) is 4.67 Å². The number of carbonyl (C=O) groups is 2. The Morgan fingerprint density at radius 3 is 2.72 bits per heavy atom. The molecular formula is C22H21BrN2O4. The largest absolute Gasteiger partial charge is 0.449 e. The molecule has 2 N–H and O–H groups in total. The number of carbonyl (C=O) groups excluding carboxylic acids is 2. The third-order valence-corrected chi connectivity index (χ3v) is 4.95. The normalized spacial score (nSPS) is 15.3. The van der Waals surface area contributed by atoms with Crippen molar-refractivity contribution in [2.75, 3.05) is 13.3 Å². The van der Waals surface area contributed by atoms with E-state index in [0.717, 1.165) is 22.3 Å². The average Bonchev–Trinajstić information content (AvgIpc) is 3.28. The molecule has 3 rings (SSSR count). The van der Waals surface area contributed by atoms with E-state index in [1.807, 2.05) is 49.4 Å². The molecule has 1 atom stereocenters. The van der Waals surface area contributed by atoms with Gasteiger partial charge in [0.1, 0.15) is 6.61 Å². The fourth-order valence-electron chi connectivity index (χ4n) is 3.28. The minimum atomic E-state index is -0.615. The predicted octanol–water partition coefficient (Wildman–Crippen LogP) is 4.77. The fourth-order valence-corrected chi connectivity index (χ4v) is 3.59. The van der Waals surface area contributed by atoms with Crippen molar-refractivity contribution in [3.63, 3.8) is 0 Å². The molecule has 1 aliphatic carbocycles. The third-order valence-electron chi connectivity index (χ3n) is 4.52. The zero-order valence-electron chi connectivity index (χ0n) is 15.9. The van der Waals surface area contributed by atoms with Crippen LogP contribution in [-0.4, -0.2) is 25.3 Å². The van der Waals surface area contributed by atoms with Gasteiger partial charge in [-0.3, -0.25) is 4.79 Å². The summed E-state index contributed by atoms with van der Waals surface area (Å²) in [6, 6.07) is 11.2. The molecule has 2 aromatic rings. The van der Waals surface area contributed by atoms with Gasteiger partial charge >= 0.3 is 6.09 Å². The number of nitrogens with one attached hydrogen (secondary N) is 2. The molecule has 6 nitrogen and oxygen atoms in total. The average molecular weight is 457 g/mol. The van der Waals surface area contributed by atoms with Crippen LogP contribution in [0.2, 0.25) is 0 Å². The van der Waals surface area contributed by atoms with E-state index in [2.05, 4.69) is 33.1 Å². The van der Waals surface area contributed by atoms with Crippen LogP contribution in [0.15, 0.2) is 75.9 Å². The Hall–Kier alpha value is -3.06. The molecule has 0 fully saturated rings. The van der Waals surface area contributed by atoms with Crippen LogP contribution in [0.5, 0.6) is 0 Å². The van der Waals surface area contributed by atoms with E-state index in [9.17, 15) is 9.59 Å². The minimum absolute atomic E-state index is 0.0730. The van der Waals surface area contributed by atoms with Crippen LogP contribution >= 0.6 is 15.9 Å². The fraction of sp³-hybridized carbons (Fsp3) is 0.182. The summed E-state index contributed by atoms with van der Waals surface area (Å²) in [6.45, 7) is 5.97. The number of rotatable bonds is 7. The van der Waals surface area contributed by atoms with Gasteiger partial charge < -0.3 is 19.8 Å². The van der Waals surface area contributed by atoms with Crippen molar-refractivity contribution in [3.8, 4) is 0 Å². The first-order chi connectivity index (χ1) is 14.0. The van der Waals surface area contributed by atoms with Gasteiger partial charge in [-0.05, 0) is 57.3 Å². The first-order valence-corrected chi connectivity index (χ1v) is 9.87. The molecule has 29 heavy (non-hydrogen) atoms. The topological polar surface area (TPSA) is 80.6 Å². The molecule has 0 saturated carbocycles. The molecule has 1 heterocycles. The van der Waals surface area contributed by atoms with Crippen molar-refractivity contribution in [1.82, 2.24) is 10.6 Å². The molecule has 0 bridgehead atoms. The highest BCUT2D eigenvalue weighted by Gasteiger charge is 2.29. The number of fused-ring (bicyclic) bond motifs is 1. The van der Waals surface area contributed by atoms with E-state index in [1.165, 1.54) is 6.07 Å². The highest BCUT2D eigenvalue weighted by atomic mass is 79.9. The van der Waals surface area contributed by atoms with Crippen LogP contribution < -0.4 is 10.6 Å². The van der Waals surface area contributed by atoms with Crippen molar-refractivity contribution in [2.24, 2.45) is 0 Å². The van der Waals surface area contributed by atoms with Gasteiger partial charge in [-0.1, -0.05) is 49.1 Å². The monoisotopic (exact) mass is 456 g/mol. The molecule has 0 spiro atoms. The molecule has 1 aromatic heterocycles. The smallest absolute Gasteiger partial charge is 0.408 e. The second kappa shape index (κ2) is 9.43. The summed E-state index contributed by atoms with van der Waals surface area (Å²) < 4.78 is 11.0. The Morgan fingerprint density at radius 1 is 1.24 bits per heavy atom. The molecule has 1 unspecified atom stereocenters. The Balaban J connectivity index is 1.57. The van der Waals surface area contributed by atoms with E-state index in [4.69, 9.17) is 9.15 Å². The van der Waals surface area contributed by atoms with Gasteiger partial charge in [0.05, 0.1) is 6.67 Å². The molecule has 0 saturated heterocycles. The molecule has 1 aliphatic rings. The zero-order valence-corrected chi connectivity index (χ0v) is 17.5. The summed E-state index contributed by atoms with van der Waals surface area (Å²) in [5.41, 5.74) is 4.30. The van der Waals surface area contributed by atoms with E-state index >= 15 is 0 Å². The van der Waals surface area contributed by atoms with Crippen molar-refractivity contribution < 1.29 is 18.7 Å². The number of hydrogen-bond donors (Lipinski definition) is 2. The van der Waals surface area contributed by atoms with Crippen LogP contribution in [0.1, 0.15) is 34.5 Å². The zero-order chi connectivity index (χ0) is 20.8. The van der Waals surface area contributed by atoms with E-state index < -0.39 is 12.0 Å². The van der Waals surface area contributed by atoms with Crippen LogP contribution in [-0.2, 0) is 4.74 Å². The lowest BCUT2D eigenvalue weighted by molar-refractivity contribution is 0.0919. The number of alkyl carbamates (subject to hydrolysis) is 1. The molecule has 0 radical (unpaired) electrons. The number of allylic oxidation sites excluding steroid dienone is 4. The van der Waals surface area contributed by atoms with Crippen LogP contribution in [0.25, 0.3) is 5.57 Å². The lowest BCUT2D eigenvalue weighted by Gasteiger charge is -2.15. The molecule has 2 amide bonds. The lowest BCUT2D eigenvalue weighted by atomic mass is 9.96. The first-order valence-electron chi connectivity index (χ1n) is 9.08. The summed E-state index contributed by atoms with van der Waals surface area (Å²) in [4.78, 5) is 24.0. The highest BCUT2D eigenvalue weighted by molar-refractivity contribution is 9.10. The maximum atomic E-state index is 12.1. The van der Waals surface area contributed by atoms with Gasteiger partial charge in [0.15, 0.2) is 10.4 Å². The Bertz CT molecular complexity index is 990. The number of benzene rings is 1. The predicted molar refractivity (Wildman–Crippen MR) is 114 cm³/mol.